The predicted molar refractivity (Wildman–Crippen MR) is 466 cm³/mol. The number of aliphatic hydroxyl groups is 1. The van der Waals surface area contributed by atoms with Crippen LogP contribution in [0.3, 0.4) is 0 Å². The first-order valence-electron chi connectivity index (χ1n) is 43.1. The number of fused-ring (bicyclic) bond motifs is 7. The van der Waals surface area contributed by atoms with Gasteiger partial charge in [-0.25, -0.2) is 14.6 Å². The Balaban J connectivity index is 1.26. The minimum Gasteiger partial charge on any atom is -0.481 e. The number of amides is 14. The van der Waals surface area contributed by atoms with Crippen LogP contribution in [0.25, 0.3) is 10.9 Å². The van der Waals surface area contributed by atoms with Gasteiger partial charge in [-0.15, -0.1) is 10.2 Å². The monoisotopic (exact) mass is 1860 g/mol. The number of nitrogens with one attached hydrogen (secondary N) is 15. The highest BCUT2D eigenvalue weighted by Crippen LogP contribution is 2.27. The van der Waals surface area contributed by atoms with Crippen LogP contribution >= 0.6 is 21.6 Å². The number of hydrogen-bond acceptors (Lipinski definition) is 27. The largest absolute Gasteiger partial charge is 0.481 e. The fourth-order valence-electron chi connectivity index (χ4n) is 14.1. The van der Waals surface area contributed by atoms with Crippen LogP contribution in [0.2, 0.25) is 0 Å². The van der Waals surface area contributed by atoms with Gasteiger partial charge in [0.05, 0.1) is 74.2 Å². The molecule has 14 atom stereocenters. The number of para-hydroxylation sites is 1. The van der Waals surface area contributed by atoms with Crippen LogP contribution in [0, 0.1) is 17.8 Å². The molecule has 1 aromatic carbocycles. The Bertz CT molecular complexity index is 4710. The standard InChI is InChI=1S/C82H119N23O23S2/c1-7-16-56-75(119)93-57-19-12-15-27-104-38-49(100-102-104)20-21-55(65(108)33-47(31-50-36-84-43-88-50)73(117)94-59(29-44(3)4)74(118)87-37-67(110)89-58(77(121)92-56)22-23-68(111)112)91-72(116)45(5)30-64(107)62(41-129-130-42-63(80(124)99-70(46(6)106)71(83)115)97-78(122)60(95-76(57)120)32-48-35-86-54-18-11-10-17-52(48)54)96-79(123)61(34-69(113)114)90-66(109)24-28-128-40-51-39-105(103-101-51)26-14-9-13-25-85-82(127)98-53(8-2)81(125)126/h10-11,17-18,35-36,38-39,43-47,53,55-63,70,86,106H,7-9,12-16,19-34,37,40-42H2,1-6H3,(H2,83,115)(H,84,88)(H,87,118)(H,89,110)(H,90,109)(H,91,116)(H,92,121)(H,93,119)(H,94,117)(H,95,120)(H,96,123)(H,97,122)(H,99,124)(H,111,112)(H,113,114)(H,125,126)(H2,85,98,127)/t45-,46-,47-,53+,55+,56+,57+,58+,59+,60+,61+,62+,63+,70+/m1/s1. The van der Waals surface area contributed by atoms with E-state index in [1.807, 2.05) is 0 Å². The molecule has 5 aromatic rings. The minimum atomic E-state index is -1.89. The third-order valence-electron chi connectivity index (χ3n) is 21.2. The smallest absolute Gasteiger partial charge is 0.326 e. The van der Waals surface area contributed by atoms with Crippen molar-refractivity contribution >= 4 is 139 Å². The number of rotatable bonds is 34. The Hall–Kier alpha value is -12.5. The highest BCUT2D eigenvalue weighted by Gasteiger charge is 2.39. The van der Waals surface area contributed by atoms with Crippen molar-refractivity contribution in [3.63, 3.8) is 0 Å². The summed E-state index contributed by atoms with van der Waals surface area (Å²) < 4.78 is 8.69. The number of carboxylic acid groups (broad SMARTS) is 3. The maximum absolute atomic E-state index is 15.4. The van der Waals surface area contributed by atoms with E-state index in [9.17, 15) is 87.5 Å². The number of ketones is 2. The van der Waals surface area contributed by atoms with Gasteiger partial charge in [-0.3, -0.25) is 86.1 Å². The van der Waals surface area contributed by atoms with Crippen molar-refractivity contribution in [2.45, 2.75) is 262 Å². The van der Waals surface area contributed by atoms with E-state index in [2.05, 4.69) is 105 Å². The fourth-order valence-corrected chi connectivity index (χ4v) is 16.4. The molecule has 7 rings (SSSR count). The first-order chi connectivity index (χ1) is 62.0. The number of hydrogen-bond donors (Lipinski definition) is 20. The van der Waals surface area contributed by atoms with E-state index >= 15 is 19.2 Å². The number of primary amides is 1. The molecule has 2 aliphatic rings. The molecule has 0 unspecified atom stereocenters. The lowest BCUT2D eigenvalue weighted by molar-refractivity contribution is -0.141. The Kier molecular flexibility index (Phi) is 43.0. The summed E-state index contributed by atoms with van der Waals surface area (Å²) in [5, 5.41) is 90.6. The van der Waals surface area contributed by atoms with Crippen LogP contribution in [-0.2, 0) is 125 Å². The number of aliphatic hydroxyl groups excluding tert-OH is 1. The van der Waals surface area contributed by atoms with E-state index in [0.717, 1.165) is 28.5 Å². The lowest BCUT2D eigenvalue weighted by Crippen LogP contribution is -2.61. The number of Topliss-reactive ketones (excluding diaryl/α,β-unsaturated/α-hetero) is 2. The molecule has 21 N–H and O–H groups in total. The van der Waals surface area contributed by atoms with E-state index in [0.29, 0.717) is 65.9 Å². The number of ether oxygens (including phenoxy) is 1. The number of benzene rings is 1. The van der Waals surface area contributed by atoms with Crippen molar-refractivity contribution in [2.24, 2.45) is 23.5 Å². The van der Waals surface area contributed by atoms with Gasteiger partial charge in [0.1, 0.15) is 60.1 Å². The molecule has 0 aliphatic carbocycles. The van der Waals surface area contributed by atoms with Gasteiger partial charge in [-0.2, -0.15) is 0 Å². The first-order valence-corrected chi connectivity index (χ1v) is 45.6. The van der Waals surface area contributed by atoms with E-state index < -0.39 is 247 Å². The molecule has 712 valence electrons. The molecule has 130 heavy (non-hydrogen) atoms. The molecule has 4 bridgehead atoms. The van der Waals surface area contributed by atoms with Crippen LogP contribution in [0.5, 0.6) is 0 Å². The summed E-state index contributed by atoms with van der Waals surface area (Å²) in [6, 6.07) is -11.2. The van der Waals surface area contributed by atoms with Crippen molar-refractivity contribution in [3.8, 4) is 0 Å². The van der Waals surface area contributed by atoms with Crippen molar-refractivity contribution < 1.29 is 111 Å². The summed E-state index contributed by atoms with van der Waals surface area (Å²) >= 11 is 0. The van der Waals surface area contributed by atoms with Crippen LogP contribution in [0.4, 0.5) is 4.79 Å². The number of nitrogens with zero attached hydrogens (tertiary/aromatic N) is 7. The zero-order valence-electron chi connectivity index (χ0n) is 73.2. The van der Waals surface area contributed by atoms with Gasteiger partial charge in [0.15, 0.2) is 11.6 Å². The Labute approximate surface area is 755 Å². The van der Waals surface area contributed by atoms with Gasteiger partial charge in [-0.05, 0) is 102 Å². The minimum absolute atomic E-state index is 0.0403. The summed E-state index contributed by atoms with van der Waals surface area (Å²) in [5.41, 5.74) is 7.66. The van der Waals surface area contributed by atoms with Crippen LogP contribution < -0.4 is 74.9 Å². The second kappa shape index (κ2) is 53.5. The maximum atomic E-state index is 15.4. The summed E-state index contributed by atoms with van der Waals surface area (Å²) in [6.07, 6.45) is 3.24. The van der Waals surface area contributed by atoms with Crippen LogP contribution in [0.1, 0.15) is 173 Å². The van der Waals surface area contributed by atoms with Gasteiger partial charge in [0.2, 0.25) is 70.9 Å². The van der Waals surface area contributed by atoms with Crippen LogP contribution in [-0.4, -0.2) is 276 Å². The summed E-state index contributed by atoms with van der Waals surface area (Å²) in [6.45, 7) is 8.81. The molecule has 14 amide bonds. The van der Waals surface area contributed by atoms with E-state index in [-0.39, 0.29) is 96.3 Å². The molecule has 0 radical (unpaired) electrons. The van der Waals surface area contributed by atoms with Crippen molar-refractivity contribution in [1.82, 2.24) is 114 Å². The molecule has 0 saturated heterocycles. The molecule has 2 aliphatic heterocycles. The SMILES string of the molecule is CCC[C@@H]1NC(=O)[C@H](CCC(=O)O)NC(=O)CNC(=O)[C@H](CC(C)C)NC(=O)[C@H](Cc2c[nH]cn2)CC(=O)[C@@H]2CCc3cn(nn3)CCCC[C@H](NC1=O)C(=O)N[C@@H](Cc1c[nH]c3ccccc13)C(=O)N[C@H](C(=O)N[C@H](C(N)=O)[C@@H](C)O)CSSC[C@H](NC(=O)[C@H](CC(=O)O)NC(=O)CCOCc1cn(CCCCCNC(=O)N[C@@H](CC)C(=O)O)nn1)C(=O)C[C@@H](C)C(=O)N2. The summed E-state index contributed by atoms with van der Waals surface area (Å²) in [7, 11) is 1.56. The normalized spacial score (nSPS) is 22.0. The van der Waals surface area contributed by atoms with Gasteiger partial charge in [0.25, 0.3) is 0 Å². The summed E-state index contributed by atoms with van der Waals surface area (Å²) in [5.74, 6) is -21.9. The third-order valence-corrected chi connectivity index (χ3v) is 23.6. The number of urea groups is 1. The molecule has 6 heterocycles. The number of aromatic nitrogens is 9. The van der Waals surface area contributed by atoms with Gasteiger partial charge >= 0.3 is 23.9 Å². The van der Waals surface area contributed by atoms with E-state index in [4.69, 9.17) is 10.5 Å². The van der Waals surface area contributed by atoms with E-state index in [1.165, 1.54) is 24.1 Å². The molecule has 0 saturated carbocycles. The molecule has 0 spiro atoms. The van der Waals surface area contributed by atoms with Gasteiger partial charge in [0, 0.05) is 105 Å². The first kappa shape index (κ1) is 105. The summed E-state index contributed by atoms with van der Waals surface area (Å²) in [4.78, 5) is 262. The zero-order valence-corrected chi connectivity index (χ0v) is 74.9. The number of aliphatic carboxylic acids is 3. The predicted octanol–water partition coefficient (Wildman–Crippen LogP) is -1.80. The molecule has 48 heteroatoms. The fraction of sp³-hybridized carbons (Fsp3) is 0.598. The average Bonchev–Trinajstić information content (AvgIpc) is 1.70. The zero-order chi connectivity index (χ0) is 95.1. The van der Waals surface area contributed by atoms with Crippen LogP contribution in [0.15, 0.2) is 55.4 Å². The lowest BCUT2D eigenvalue weighted by Gasteiger charge is -2.28. The topological polar surface area (TPSA) is 686 Å². The Morgan fingerprint density at radius 3 is 2.09 bits per heavy atom. The number of aryl methyl sites for hydroxylation is 3. The lowest BCUT2D eigenvalue weighted by atomic mass is 9.90. The van der Waals surface area contributed by atoms with Gasteiger partial charge in [-0.1, -0.05) is 91.3 Å². The van der Waals surface area contributed by atoms with Crippen molar-refractivity contribution in [2.75, 3.05) is 31.2 Å². The Morgan fingerprint density at radius 2 is 1.39 bits per heavy atom. The Morgan fingerprint density at radius 1 is 0.677 bits per heavy atom. The molecular weight excluding hydrogens is 1740 g/mol. The average molecular weight is 1860 g/mol. The number of imidazole rings is 1. The second-order valence-corrected chi connectivity index (χ2v) is 34.9. The number of carbonyl (C=O) groups is 18. The number of unbranched alkanes of at least 4 members (excludes halogenated alkanes) is 2. The molecule has 4 aromatic heterocycles. The second-order valence-electron chi connectivity index (χ2n) is 32.3. The quantitative estimate of drug-likeness (QED) is 0.0160. The number of nitrogens with two attached hydrogens (primary N) is 1. The van der Waals surface area contributed by atoms with Crippen molar-refractivity contribution in [1.29, 1.82) is 0 Å². The maximum Gasteiger partial charge on any atom is 0.326 e. The highest BCUT2D eigenvalue weighted by molar-refractivity contribution is 8.76. The number of aromatic amines is 2. The number of H-pyrrole nitrogens is 2. The number of carboxylic acids is 3. The number of carbonyl (C=O) groups excluding carboxylic acids is 15. The highest BCUT2D eigenvalue weighted by atomic mass is 33.1. The molecule has 46 nitrogen and oxygen atoms in total. The molecular formula is C82H119N23O23S2. The third kappa shape index (κ3) is 35.5. The van der Waals surface area contributed by atoms with E-state index in [1.54, 1.807) is 75.2 Å². The van der Waals surface area contributed by atoms with Crippen molar-refractivity contribution in [3.05, 3.63) is 78.0 Å². The molecule has 0 fully saturated rings. The van der Waals surface area contributed by atoms with Gasteiger partial charge < -0.3 is 110 Å².